The molecular formula is C30H36F2O2. The second-order valence-electron chi connectivity index (χ2n) is 10.8. The average Bonchev–Trinajstić information content (AvgIpc) is 3.16. The first-order chi connectivity index (χ1) is 16.5. The van der Waals surface area contributed by atoms with Crippen LogP contribution in [-0.4, -0.2) is 11.7 Å². The van der Waals surface area contributed by atoms with E-state index >= 15 is 0 Å². The highest BCUT2D eigenvalue weighted by atomic mass is 19.3. The van der Waals surface area contributed by atoms with E-state index in [1.54, 1.807) is 0 Å². The summed E-state index contributed by atoms with van der Waals surface area (Å²) in [4.78, 5) is 0. The van der Waals surface area contributed by atoms with Gasteiger partial charge in [0, 0.05) is 12.2 Å². The summed E-state index contributed by atoms with van der Waals surface area (Å²) in [6, 6.07) is 16.8. The average molecular weight is 467 g/mol. The Kier molecular flexibility index (Phi) is 6.79. The predicted octanol–water partition coefficient (Wildman–Crippen LogP) is 7.66. The Morgan fingerprint density at radius 1 is 1.09 bits per heavy atom. The van der Waals surface area contributed by atoms with E-state index in [0.29, 0.717) is 42.3 Å². The summed E-state index contributed by atoms with van der Waals surface area (Å²) in [5.74, 6) is 2.43. The summed E-state index contributed by atoms with van der Waals surface area (Å²) in [6.45, 7) is 2.86. The highest BCUT2D eigenvalue weighted by Gasteiger charge is 2.57. The summed E-state index contributed by atoms with van der Waals surface area (Å²) in [5.41, 5.74) is 4.00. The lowest BCUT2D eigenvalue weighted by Gasteiger charge is -2.51. The first kappa shape index (κ1) is 23.5. The van der Waals surface area contributed by atoms with Gasteiger partial charge in [0.25, 0.3) is 6.08 Å². The fourth-order valence-electron chi connectivity index (χ4n) is 7.58. The predicted molar refractivity (Wildman–Crippen MR) is 131 cm³/mol. The molecule has 2 aromatic rings. The number of fused-ring (bicyclic) bond motifs is 5. The molecule has 3 unspecified atom stereocenters. The first-order valence-electron chi connectivity index (χ1n) is 13.0. The molecule has 1 N–H and O–H groups in total. The van der Waals surface area contributed by atoms with Crippen molar-refractivity contribution >= 4 is 0 Å². The van der Waals surface area contributed by atoms with E-state index in [0.717, 1.165) is 56.3 Å². The quantitative estimate of drug-likeness (QED) is 0.425. The van der Waals surface area contributed by atoms with Crippen LogP contribution in [0.25, 0.3) is 0 Å². The lowest BCUT2D eigenvalue weighted by molar-refractivity contribution is 0.0446. The summed E-state index contributed by atoms with van der Waals surface area (Å²) in [5, 5.41) is 9.25. The van der Waals surface area contributed by atoms with Crippen LogP contribution in [-0.2, 0) is 13.0 Å². The number of unbranched alkanes of at least 4 members (excludes halogenated alkanes) is 1. The number of allylic oxidation sites excluding steroid dienone is 1. The molecule has 3 aliphatic carbocycles. The van der Waals surface area contributed by atoms with Gasteiger partial charge in [-0.25, -0.2) is 0 Å². The van der Waals surface area contributed by atoms with Gasteiger partial charge < -0.3 is 9.84 Å². The fraction of sp³-hybridized carbons (Fsp3) is 0.533. The number of rotatable bonds is 7. The van der Waals surface area contributed by atoms with Crippen molar-refractivity contribution < 1.29 is 18.6 Å². The normalized spacial score (nSPS) is 29.8. The Balaban J connectivity index is 1.37. The Labute approximate surface area is 202 Å². The Morgan fingerprint density at radius 3 is 2.68 bits per heavy atom. The van der Waals surface area contributed by atoms with Crippen molar-refractivity contribution in [2.75, 3.05) is 6.61 Å². The zero-order chi connectivity index (χ0) is 23.7. The maximum absolute atomic E-state index is 14.0. The lowest BCUT2D eigenvalue weighted by Crippen LogP contribution is -2.42. The van der Waals surface area contributed by atoms with Gasteiger partial charge in [-0.15, -0.1) is 0 Å². The minimum atomic E-state index is -1.44. The number of hydrogen-bond acceptors (Lipinski definition) is 2. The lowest BCUT2D eigenvalue weighted by atomic mass is 9.53. The molecule has 0 heterocycles. The second-order valence-corrected chi connectivity index (χ2v) is 10.8. The number of aliphatic hydroxyl groups is 1. The van der Waals surface area contributed by atoms with E-state index in [1.807, 2.05) is 18.2 Å². The fourth-order valence-corrected chi connectivity index (χ4v) is 7.58. The molecule has 0 aromatic heterocycles. The van der Waals surface area contributed by atoms with Gasteiger partial charge in [-0.2, -0.15) is 8.78 Å². The summed E-state index contributed by atoms with van der Waals surface area (Å²) < 4.78 is 34.2. The monoisotopic (exact) mass is 466 g/mol. The van der Waals surface area contributed by atoms with Crippen LogP contribution in [0.2, 0.25) is 0 Å². The second kappa shape index (κ2) is 9.81. The first-order valence-corrected chi connectivity index (χ1v) is 13.0. The zero-order valence-electron chi connectivity index (χ0n) is 20.1. The van der Waals surface area contributed by atoms with Crippen molar-refractivity contribution in [3.8, 4) is 5.75 Å². The number of aliphatic hydroxyl groups excluding tert-OH is 1. The molecule has 2 aromatic carbocycles. The summed E-state index contributed by atoms with van der Waals surface area (Å²) in [6.07, 6.45) is 5.61. The molecule has 0 aliphatic heterocycles. The molecule has 0 amide bonds. The standard InChI is InChI=1S/C30H36F2O2/c1-30-15-14-25-24-13-11-23(34-19-20-7-3-2-4-8-20)17-21(24)10-12-26(25)28(30)22(9-5-6-16-33)18-27(30)29(31)32/h2-4,7-8,11,13,17,22,25-26,28,33H,5-6,9-10,12,14-16,18-19H2,1H3/t22-,25?,26?,28?,30-/m0/s1. The van der Waals surface area contributed by atoms with Crippen LogP contribution < -0.4 is 4.74 Å². The van der Waals surface area contributed by atoms with Crippen LogP contribution in [0.1, 0.15) is 74.5 Å². The molecule has 0 radical (unpaired) electrons. The number of benzene rings is 2. The largest absolute Gasteiger partial charge is 0.489 e. The third-order valence-corrected chi connectivity index (χ3v) is 9.07. The van der Waals surface area contributed by atoms with E-state index < -0.39 is 6.08 Å². The highest BCUT2D eigenvalue weighted by Crippen LogP contribution is 2.66. The molecule has 182 valence electrons. The van der Waals surface area contributed by atoms with Gasteiger partial charge in [-0.1, -0.05) is 49.7 Å². The van der Waals surface area contributed by atoms with Crippen molar-refractivity contribution in [1.29, 1.82) is 0 Å². The van der Waals surface area contributed by atoms with Gasteiger partial charge in [-0.3, -0.25) is 0 Å². The van der Waals surface area contributed by atoms with Crippen LogP contribution in [0, 0.1) is 23.2 Å². The summed E-state index contributed by atoms with van der Waals surface area (Å²) >= 11 is 0. The van der Waals surface area contributed by atoms with Gasteiger partial charge in [0.2, 0.25) is 0 Å². The topological polar surface area (TPSA) is 29.5 Å². The third-order valence-electron chi connectivity index (χ3n) is 9.07. The molecule has 34 heavy (non-hydrogen) atoms. The third kappa shape index (κ3) is 4.30. The van der Waals surface area contributed by atoms with Crippen molar-refractivity contribution in [1.82, 2.24) is 0 Å². The molecule has 5 atom stereocenters. The minimum absolute atomic E-state index is 0.183. The Morgan fingerprint density at radius 2 is 1.91 bits per heavy atom. The van der Waals surface area contributed by atoms with Crippen molar-refractivity contribution in [3.05, 3.63) is 76.9 Å². The van der Waals surface area contributed by atoms with Gasteiger partial charge in [0.1, 0.15) is 12.4 Å². The van der Waals surface area contributed by atoms with Crippen molar-refractivity contribution in [2.45, 2.75) is 70.8 Å². The van der Waals surface area contributed by atoms with Crippen LogP contribution in [0.3, 0.4) is 0 Å². The zero-order valence-corrected chi connectivity index (χ0v) is 20.1. The van der Waals surface area contributed by atoms with Crippen LogP contribution >= 0.6 is 0 Å². The van der Waals surface area contributed by atoms with Gasteiger partial charge in [-0.05, 0) is 103 Å². The molecule has 4 heteroatoms. The van der Waals surface area contributed by atoms with Gasteiger partial charge in [0.15, 0.2) is 0 Å². The molecule has 2 saturated carbocycles. The van der Waals surface area contributed by atoms with Crippen molar-refractivity contribution in [3.63, 3.8) is 0 Å². The Bertz CT molecular complexity index is 1030. The van der Waals surface area contributed by atoms with E-state index in [1.165, 1.54) is 11.1 Å². The maximum Gasteiger partial charge on any atom is 0.270 e. The number of ether oxygens (including phenoxy) is 1. The van der Waals surface area contributed by atoms with E-state index in [4.69, 9.17) is 4.74 Å². The summed E-state index contributed by atoms with van der Waals surface area (Å²) in [7, 11) is 0. The van der Waals surface area contributed by atoms with E-state index in [-0.39, 0.29) is 12.0 Å². The molecule has 2 nitrogen and oxygen atoms in total. The molecule has 2 fully saturated rings. The van der Waals surface area contributed by atoms with Gasteiger partial charge >= 0.3 is 0 Å². The van der Waals surface area contributed by atoms with Crippen LogP contribution in [0.4, 0.5) is 8.78 Å². The molecule has 0 bridgehead atoms. The maximum atomic E-state index is 14.0. The van der Waals surface area contributed by atoms with Gasteiger partial charge in [0.05, 0.1) is 0 Å². The van der Waals surface area contributed by atoms with Crippen LogP contribution in [0.15, 0.2) is 60.2 Å². The number of aryl methyl sites for hydroxylation is 1. The molecule has 0 saturated heterocycles. The number of halogens is 2. The highest BCUT2D eigenvalue weighted by molar-refractivity contribution is 5.42. The van der Waals surface area contributed by atoms with E-state index in [2.05, 4.69) is 37.3 Å². The molecule has 5 rings (SSSR count). The van der Waals surface area contributed by atoms with Crippen molar-refractivity contribution in [2.24, 2.45) is 23.2 Å². The van der Waals surface area contributed by atoms with Crippen LogP contribution in [0.5, 0.6) is 5.75 Å². The molecular weight excluding hydrogens is 430 g/mol. The number of hydrogen-bond donors (Lipinski definition) is 1. The minimum Gasteiger partial charge on any atom is -0.489 e. The van der Waals surface area contributed by atoms with E-state index in [9.17, 15) is 13.9 Å². The smallest absolute Gasteiger partial charge is 0.270 e. The SMILES string of the molecule is C[C@@]12CCC3c4ccc(OCc5ccccc5)cc4CCC3C1[C@@H](CCCCO)CC2=C(F)F. The molecule has 0 spiro atoms. The molecule has 3 aliphatic rings. The Hall–Kier alpha value is -2.20.